The summed E-state index contributed by atoms with van der Waals surface area (Å²) < 4.78 is 1.40. The summed E-state index contributed by atoms with van der Waals surface area (Å²) in [6.07, 6.45) is 103. The zero-order chi connectivity index (χ0) is 64.0. The van der Waals surface area contributed by atoms with Crippen molar-refractivity contribution in [1.29, 1.82) is 0 Å². The van der Waals surface area contributed by atoms with Crippen LogP contribution in [0.3, 0.4) is 0 Å². The van der Waals surface area contributed by atoms with Crippen molar-refractivity contribution in [3.63, 3.8) is 0 Å². The minimum atomic E-state index is 0. The van der Waals surface area contributed by atoms with Crippen LogP contribution in [0.15, 0.2) is 0 Å². The second-order valence-electron chi connectivity index (χ2n) is 28.5. The van der Waals surface area contributed by atoms with E-state index in [0.717, 1.165) is 26.2 Å². The summed E-state index contributed by atoms with van der Waals surface area (Å²) in [5.74, 6) is 0. The van der Waals surface area contributed by atoms with Crippen LogP contribution >= 0.6 is 24.4 Å². The van der Waals surface area contributed by atoms with E-state index in [2.05, 4.69) is 37.5 Å². The van der Waals surface area contributed by atoms with Crippen LogP contribution in [0.25, 0.3) is 0 Å². The van der Waals surface area contributed by atoms with Crippen LogP contribution in [-0.2, 0) is 41.7 Å². The maximum atomic E-state index is 5.40. The zero-order valence-corrected chi connectivity index (χ0v) is 65.8. The van der Waals surface area contributed by atoms with E-state index in [1.54, 1.807) is 0 Å². The smallest absolute Gasteiger partial charge is 0.411 e. The van der Waals surface area contributed by atoms with Crippen LogP contribution in [0.4, 0.5) is 0 Å². The third kappa shape index (κ3) is 84.8. The Kier molecular flexibility index (Phi) is 91.5. The van der Waals surface area contributed by atoms with Gasteiger partial charge in [-0.15, -0.1) is 0 Å². The van der Waals surface area contributed by atoms with Gasteiger partial charge in [0, 0.05) is 26.2 Å². The maximum Gasteiger partial charge on any atom is 2.00 e. The van der Waals surface area contributed by atoms with Crippen molar-refractivity contribution in [2.75, 3.05) is 26.2 Å². The van der Waals surface area contributed by atoms with E-state index in [0.29, 0.717) is 8.64 Å². The predicted molar refractivity (Wildman–Crippen MR) is 418 cm³/mol. The molecule has 0 aromatic carbocycles. The molecule has 0 bridgehead atoms. The molecule has 0 spiro atoms. The van der Waals surface area contributed by atoms with Crippen molar-refractivity contribution in [3.8, 4) is 0 Å². The molecule has 0 saturated carbocycles. The summed E-state index contributed by atoms with van der Waals surface area (Å²) in [5, 5.41) is 0. The first-order valence-electron chi connectivity index (χ1n) is 41.4. The maximum absolute atomic E-state index is 5.40. The molecule has 0 rings (SSSR count). The standard InChI is InChI=1S/2C41H83NS2.Ni/c2*1-3-5-7-9-11-13-15-17-19-21-23-25-27-29-31-33-35-37-39-42(41(43)44)40-38-36-34-32-30-28-26-24-22-20-18-16-14-12-10-8-6-4-2;/h2*3-40H2,1-2H3,(H,43,44);/q;;+2/p-2. The summed E-state index contributed by atoms with van der Waals surface area (Å²) in [6.45, 7) is 13.5. The molecule has 0 aliphatic carbocycles. The van der Waals surface area contributed by atoms with Crippen molar-refractivity contribution in [3.05, 3.63) is 0 Å². The van der Waals surface area contributed by atoms with Gasteiger partial charge in [0.2, 0.25) is 0 Å². The quantitative estimate of drug-likeness (QED) is 0.0257. The Labute approximate surface area is 596 Å². The van der Waals surface area contributed by atoms with Crippen LogP contribution < -0.4 is 0 Å². The van der Waals surface area contributed by atoms with E-state index in [1.807, 2.05) is 0 Å². The molecule has 0 saturated heterocycles. The molecular formula is C82H164N2NiS4. The molecule has 0 aromatic heterocycles. The predicted octanol–water partition coefficient (Wildman–Crippen LogP) is 30.4. The third-order valence-electron chi connectivity index (χ3n) is 19.6. The van der Waals surface area contributed by atoms with Crippen LogP contribution in [0.2, 0.25) is 0 Å². The van der Waals surface area contributed by atoms with E-state index < -0.39 is 0 Å². The van der Waals surface area contributed by atoms with Gasteiger partial charge >= 0.3 is 16.5 Å². The molecular weight excluding hydrogens is 1200 g/mol. The zero-order valence-electron chi connectivity index (χ0n) is 61.6. The number of nitrogens with zero attached hydrogens (tertiary/aromatic N) is 2. The van der Waals surface area contributed by atoms with Crippen LogP contribution in [0, 0.1) is 0 Å². The van der Waals surface area contributed by atoms with E-state index in [-0.39, 0.29) is 16.5 Å². The number of rotatable bonds is 76. The van der Waals surface area contributed by atoms with Gasteiger partial charge in [-0.3, -0.25) is 0 Å². The summed E-state index contributed by atoms with van der Waals surface area (Å²) in [7, 11) is 0. The first-order valence-corrected chi connectivity index (χ1v) is 43.0. The van der Waals surface area contributed by atoms with Crippen molar-refractivity contribution in [1.82, 2.24) is 9.80 Å². The largest absolute Gasteiger partial charge is 2.00 e. The number of hydrogen-bond donors (Lipinski definition) is 0. The normalized spacial score (nSPS) is 11.3. The average molecular weight is 1370 g/mol. The van der Waals surface area contributed by atoms with Gasteiger partial charge in [0.1, 0.15) is 0 Å². The first-order chi connectivity index (χ1) is 43.4. The molecule has 0 aliphatic rings. The second kappa shape index (κ2) is 86.7. The van der Waals surface area contributed by atoms with E-state index in [9.17, 15) is 0 Å². The minimum absolute atomic E-state index is 0. The fourth-order valence-electron chi connectivity index (χ4n) is 13.4. The number of thiocarbonyl (C=S) groups is 2. The molecule has 0 unspecified atom stereocenters. The third-order valence-corrected chi connectivity index (χ3v) is 20.7. The second-order valence-corrected chi connectivity index (χ2v) is 30.6. The van der Waals surface area contributed by atoms with Gasteiger partial charge in [-0.25, -0.2) is 0 Å². The van der Waals surface area contributed by atoms with Gasteiger partial charge in [0.25, 0.3) is 0 Å². The Hall–Kier alpha value is 0.714. The summed E-state index contributed by atoms with van der Waals surface area (Å²) in [4.78, 5) is 4.62. The molecule has 536 valence electrons. The number of unbranched alkanes of at least 4 members (excludes halogenated alkanes) is 68. The number of hydrogen-bond acceptors (Lipinski definition) is 4. The van der Waals surface area contributed by atoms with Crippen molar-refractivity contribution < 1.29 is 16.5 Å². The molecule has 0 aliphatic heterocycles. The topological polar surface area (TPSA) is 6.48 Å². The van der Waals surface area contributed by atoms with Gasteiger partial charge in [0.15, 0.2) is 0 Å². The molecule has 89 heavy (non-hydrogen) atoms. The molecule has 0 atom stereocenters. The van der Waals surface area contributed by atoms with E-state index in [1.165, 1.54) is 462 Å². The molecule has 7 heteroatoms. The van der Waals surface area contributed by atoms with Crippen molar-refractivity contribution in [2.45, 2.75) is 490 Å². The van der Waals surface area contributed by atoms with Gasteiger partial charge < -0.3 is 59.5 Å². The van der Waals surface area contributed by atoms with Gasteiger partial charge in [-0.05, 0) is 25.7 Å². The first kappa shape index (κ1) is 93.9. The van der Waals surface area contributed by atoms with Crippen molar-refractivity contribution in [2.24, 2.45) is 0 Å². The fraction of sp³-hybridized carbons (Fsp3) is 0.976. The van der Waals surface area contributed by atoms with Crippen molar-refractivity contribution >= 4 is 58.3 Å². The summed E-state index contributed by atoms with van der Waals surface area (Å²) in [5.41, 5.74) is 0. The molecule has 0 N–H and O–H groups in total. The average Bonchev–Trinajstić information content (AvgIpc) is 3.55. The van der Waals surface area contributed by atoms with Gasteiger partial charge in [-0.2, -0.15) is 0 Å². The monoisotopic (exact) mass is 1360 g/mol. The molecule has 0 heterocycles. The van der Waals surface area contributed by atoms with Gasteiger partial charge in [0.05, 0.1) is 0 Å². The Morgan fingerprint density at radius 2 is 0.247 bits per heavy atom. The Bertz CT molecular complexity index is 1100. The fourth-order valence-corrected chi connectivity index (χ4v) is 14.1. The Balaban J connectivity index is -0.00000164. The molecule has 0 aromatic rings. The van der Waals surface area contributed by atoms with E-state index >= 15 is 0 Å². The summed E-state index contributed by atoms with van der Waals surface area (Å²) >= 11 is 21.6. The van der Waals surface area contributed by atoms with Crippen LogP contribution in [-0.4, -0.2) is 44.6 Å². The molecule has 0 radical (unpaired) electrons. The van der Waals surface area contributed by atoms with E-state index in [4.69, 9.17) is 49.7 Å². The summed E-state index contributed by atoms with van der Waals surface area (Å²) in [6, 6.07) is 0. The minimum Gasteiger partial charge on any atom is -0.411 e. The SMILES string of the molecule is CCCCCCCCCCCCCCCCCCCCN(CCCCCCCCCCCCCCCCCCCC)C(=S)[S-].CCCCCCCCCCCCCCCCCCCCN(CCCCCCCCCCCCCCCCCCCC)C(=S)[S-].[Ni+2]. The van der Waals surface area contributed by atoms with Crippen LogP contribution in [0.5, 0.6) is 0 Å². The van der Waals surface area contributed by atoms with Crippen LogP contribution in [0.1, 0.15) is 490 Å². The Morgan fingerprint density at radius 1 is 0.169 bits per heavy atom. The molecule has 2 nitrogen and oxygen atoms in total. The molecule has 0 fully saturated rings. The molecule has 0 amide bonds. The van der Waals surface area contributed by atoms with Gasteiger partial charge in [-0.1, -0.05) is 473 Å². The Morgan fingerprint density at radius 3 is 0.326 bits per heavy atom.